The van der Waals surface area contributed by atoms with E-state index in [1.54, 1.807) is 7.05 Å². The van der Waals surface area contributed by atoms with E-state index in [4.69, 9.17) is 0 Å². The SMILES string of the molecule is CNC(c1cc(F)ccc1F)C1(CO)CCC1. The summed E-state index contributed by atoms with van der Waals surface area (Å²) in [4.78, 5) is 0. The maximum Gasteiger partial charge on any atom is 0.128 e. The van der Waals surface area contributed by atoms with Gasteiger partial charge in [0.1, 0.15) is 11.6 Å². The average Bonchev–Trinajstić information content (AvgIpc) is 2.27. The molecule has 1 saturated carbocycles. The van der Waals surface area contributed by atoms with E-state index < -0.39 is 11.6 Å². The predicted molar refractivity (Wildman–Crippen MR) is 61.5 cm³/mol. The molecule has 0 aromatic heterocycles. The minimum atomic E-state index is -0.450. The molecule has 1 aliphatic carbocycles. The normalized spacial score (nSPS) is 19.8. The Morgan fingerprint density at radius 2 is 2.12 bits per heavy atom. The lowest BCUT2D eigenvalue weighted by molar-refractivity contribution is 0.00664. The van der Waals surface area contributed by atoms with Gasteiger partial charge in [0, 0.05) is 17.0 Å². The van der Waals surface area contributed by atoms with Gasteiger partial charge in [-0.1, -0.05) is 6.42 Å². The van der Waals surface area contributed by atoms with Crippen LogP contribution in [0.5, 0.6) is 0 Å². The number of rotatable bonds is 4. The standard InChI is InChI=1S/C13H17F2NO/c1-16-12(13(8-17)5-2-6-13)10-7-9(14)3-4-11(10)15/h3-4,7,12,16-17H,2,5-6,8H2,1H3. The van der Waals surface area contributed by atoms with Gasteiger partial charge in [0.25, 0.3) is 0 Å². The molecule has 0 spiro atoms. The second-order valence-corrected chi connectivity index (χ2v) is 4.76. The third kappa shape index (κ3) is 2.07. The van der Waals surface area contributed by atoms with Crippen molar-refractivity contribution >= 4 is 0 Å². The van der Waals surface area contributed by atoms with Crippen LogP contribution in [0.3, 0.4) is 0 Å². The molecule has 0 heterocycles. The van der Waals surface area contributed by atoms with Gasteiger partial charge in [0.05, 0.1) is 6.61 Å². The monoisotopic (exact) mass is 241 g/mol. The fourth-order valence-corrected chi connectivity index (χ4v) is 2.70. The summed E-state index contributed by atoms with van der Waals surface area (Å²) in [5.74, 6) is -0.875. The highest BCUT2D eigenvalue weighted by Crippen LogP contribution is 2.50. The minimum absolute atomic E-state index is 0.00550. The Morgan fingerprint density at radius 1 is 1.41 bits per heavy atom. The van der Waals surface area contributed by atoms with E-state index in [0.29, 0.717) is 5.56 Å². The first kappa shape index (κ1) is 12.5. The topological polar surface area (TPSA) is 32.3 Å². The highest BCUT2D eigenvalue weighted by atomic mass is 19.1. The third-order valence-corrected chi connectivity index (χ3v) is 3.83. The summed E-state index contributed by atoms with van der Waals surface area (Å²) >= 11 is 0. The Balaban J connectivity index is 2.37. The summed E-state index contributed by atoms with van der Waals surface area (Å²) in [5, 5.41) is 12.5. The van der Waals surface area contributed by atoms with Crippen LogP contribution in [0, 0.1) is 17.0 Å². The van der Waals surface area contributed by atoms with Gasteiger partial charge in [-0.2, -0.15) is 0 Å². The third-order valence-electron chi connectivity index (χ3n) is 3.83. The van der Waals surface area contributed by atoms with E-state index in [-0.39, 0.29) is 18.1 Å². The van der Waals surface area contributed by atoms with Crippen molar-refractivity contribution in [1.82, 2.24) is 5.32 Å². The molecule has 2 rings (SSSR count). The summed E-state index contributed by atoms with van der Waals surface area (Å²) in [6, 6.07) is 3.13. The maximum atomic E-state index is 13.7. The van der Waals surface area contributed by atoms with Gasteiger partial charge < -0.3 is 10.4 Å². The number of nitrogens with one attached hydrogen (secondary N) is 1. The molecule has 17 heavy (non-hydrogen) atoms. The summed E-state index contributed by atoms with van der Waals surface area (Å²) in [6.45, 7) is -0.00550. The number of hydrogen-bond donors (Lipinski definition) is 2. The second kappa shape index (κ2) is 4.70. The van der Waals surface area contributed by atoms with Crippen LogP contribution in [-0.2, 0) is 0 Å². The number of hydrogen-bond acceptors (Lipinski definition) is 2. The highest BCUT2D eigenvalue weighted by molar-refractivity contribution is 5.25. The van der Waals surface area contributed by atoms with Gasteiger partial charge in [-0.05, 0) is 38.1 Å². The average molecular weight is 241 g/mol. The molecule has 1 atom stereocenters. The fraction of sp³-hybridized carbons (Fsp3) is 0.538. The van der Waals surface area contributed by atoms with Gasteiger partial charge in [-0.15, -0.1) is 0 Å². The van der Waals surface area contributed by atoms with Crippen molar-refractivity contribution in [3.8, 4) is 0 Å². The first-order valence-corrected chi connectivity index (χ1v) is 5.86. The molecule has 94 valence electrons. The van der Waals surface area contributed by atoms with Gasteiger partial charge in [-0.3, -0.25) is 0 Å². The fourth-order valence-electron chi connectivity index (χ4n) is 2.70. The lowest BCUT2D eigenvalue weighted by atomic mass is 9.63. The van der Waals surface area contributed by atoms with E-state index >= 15 is 0 Å². The molecule has 1 aromatic rings. The zero-order valence-corrected chi connectivity index (χ0v) is 9.84. The van der Waals surface area contributed by atoms with E-state index in [1.165, 1.54) is 6.07 Å². The molecule has 4 heteroatoms. The summed E-state index contributed by atoms with van der Waals surface area (Å²) in [7, 11) is 1.71. The Hall–Kier alpha value is -1.00. The van der Waals surface area contributed by atoms with Crippen LogP contribution in [0.1, 0.15) is 30.9 Å². The smallest absolute Gasteiger partial charge is 0.128 e. The molecular formula is C13H17F2NO. The van der Waals surface area contributed by atoms with Crippen molar-refractivity contribution in [3.05, 3.63) is 35.4 Å². The Kier molecular flexibility index (Phi) is 3.45. The molecule has 1 fully saturated rings. The first-order chi connectivity index (χ1) is 8.13. The molecule has 2 N–H and O–H groups in total. The van der Waals surface area contributed by atoms with Crippen molar-refractivity contribution in [2.75, 3.05) is 13.7 Å². The number of aliphatic hydroxyl groups excluding tert-OH is 1. The molecule has 0 amide bonds. The molecular weight excluding hydrogens is 224 g/mol. The maximum absolute atomic E-state index is 13.7. The van der Waals surface area contributed by atoms with Crippen molar-refractivity contribution in [2.24, 2.45) is 5.41 Å². The second-order valence-electron chi connectivity index (χ2n) is 4.76. The molecule has 0 saturated heterocycles. The Morgan fingerprint density at radius 3 is 2.59 bits per heavy atom. The molecule has 1 aromatic carbocycles. The molecule has 0 radical (unpaired) electrons. The lowest BCUT2D eigenvalue weighted by Gasteiger charge is -2.46. The van der Waals surface area contributed by atoms with Gasteiger partial charge >= 0.3 is 0 Å². The van der Waals surface area contributed by atoms with E-state index in [1.807, 2.05) is 0 Å². The Labute approximate surface area is 99.7 Å². The lowest BCUT2D eigenvalue weighted by Crippen LogP contribution is -2.45. The Bertz CT molecular complexity index is 399. The largest absolute Gasteiger partial charge is 0.396 e. The highest BCUT2D eigenvalue weighted by Gasteiger charge is 2.44. The van der Waals surface area contributed by atoms with Crippen molar-refractivity contribution in [2.45, 2.75) is 25.3 Å². The summed E-state index contributed by atoms with van der Waals surface area (Å²) in [6.07, 6.45) is 2.70. The molecule has 1 aliphatic rings. The van der Waals surface area contributed by atoms with Crippen molar-refractivity contribution in [1.29, 1.82) is 0 Å². The minimum Gasteiger partial charge on any atom is -0.396 e. The van der Waals surface area contributed by atoms with Crippen LogP contribution in [0.15, 0.2) is 18.2 Å². The van der Waals surface area contributed by atoms with E-state index in [9.17, 15) is 13.9 Å². The van der Waals surface area contributed by atoms with Crippen LogP contribution < -0.4 is 5.32 Å². The summed E-state index contributed by atoms with van der Waals surface area (Å²) in [5.41, 5.74) is -0.0372. The van der Waals surface area contributed by atoms with Gasteiger partial charge in [0.15, 0.2) is 0 Å². The van der Waals surface area contributed by atoms with Crippen LogP contribution in [0.25, 0.3) is 0 Å². The van der Waals surface area contributed by atoms with Crippen molar-refractivity contribution in [3.63, 3.8) is 0 Å². The quantitative estimate of drug-likeness (QED) is 0.848. The summed E-state index contributed by atoms with van der Waals surface area (Å²) < 4.78 is 26.9. The first-order valence-electron chi connectivity index (χ1n) is 5.86. The number of aliphatic hydroxyl groups is 1. The van der Waals surface area contributed by atoms with Crippen LogP contribution in [0.4, 0.5) is 8.78 Å². The van der Waals surface area contributed by atoms with E-state index in [0.717, 1.165) is 31.4 Å². The van der Waals surface area contributed by atoms with Crippen molar-refractivity contribution < 1.29 is 13.9 Å². The van der Waals surface area contributed by atoms with Gasteiger partial charge in [-0.25, -0.2) is 8.78 Å². The number of benzene rings is 1. The zero-order valence-electron chi connectivity index (χ0n) is 9.84. The van der Waals surface area contributed by atoms with E-state index in [2.05, 4.69) is 5.32 Å². The van der Waals surface area contributed by atoms with Gasteiger partial charge in [0.2, 0.25) is 0 Å². The van der Waals surface area contributed by atoms with Crippen LogP contribution in [-0.4, -0.2) is 18.8 Å². The molecule has 0 bridgehead atoms. The van der Waals surface area contributed by atoms with Crippen LogP contribution in [0.2, 0.25) is 0 Å². The zero-order chi connectivity index (χ0) is 12.5. The molecule has 0 aliphatic heterocycles. The predicted octanol–water partition coefficient (Wildman–Crippen LogP) is 2.39. The van der Waals surface area contributed by atoms with Crippen LogP contribution >= 0.6 is 0 Å². The molecule has 1 unspecified atom stereocenters. The number of halogens is 2. The molecule has 2 nitrogen and oxygen atoms in total.